The van der Waals surface area contributed by atoms with E-state index in [4.69, 9.17) is 9.72 Å². The van der Waals surface area contributed by atoms with Crippen molar-refractivity contribution >= 4 is 17.0 Å². The van der Waals surface area contributed by atoms with E-state index < -0.39 is 0 Å². The molecule has 1 unspecified atom stereocenters. The molecule has 1 aliphatic carbocycles. The smallest absolute Gasteiger partial charge is 0.337 e. The molecule has 0 saturated carbocycles. The van der Waals surface area contributed by atoms with Crippen LogP contribution in [0.15, 0.2) is 42.5 Å². The highest BCUT2D eigenvalue weighted by molar-refractivity contribution is 5.89. The number of carbonyl (C=O) groups excluding carboxylic acids is 1. The number of aromatic nitrogens is 2. The van der Waals surface area contributed by atoms with E-state index in [2.05, 4.69) is 28.1 Å². The number of carbonyl (C=O) groups is 1. The third-order valence-electron chi connectivity index (χ3n) is 6.45. The van der Waals surface area contributed by atoms with E-state index >= 15 is 0 Å². The Labute approximate surface area is 164 Å². The lowest BCUT2D eigenvalue weighted by molar-refractivity contribution is 0.0600. The second-order valence-corrected chi connectivity index (χ2v) is 8.31. The molecule has 1 N–H and O–H groups in total. The molecule has 0 radical (unpaired) electrons. The van der Waals surface area contributed by atoms with Gasteiger partial charge in [0.25, 0.3) is 0 Å². The quantitative estimate of drug-likeness (QED) is 0.709. The Morgan fingerprint density at radius 3 is 2.96 bits per heavy atom. The van der Waals surface area contributed by atoms with Gasteiger partial charge in [-0.05, 0) is 73.0 Å². The zero-order chi connectivity index (χ0) is 19.1. The van der Waals surface area contributed by atoms with Gasteiger partial charge in [-0.15, -0.1) is 0 Å². The van der Waals surface area contributed by atoms with Crippen molar-refractivity contribution in [3.05, 3.63) is 65.0 Å². The van der Waals surface area contributed by atoms with Gasteiger partial charge in [0, 0.05) is 6.54 Å². The van der Waals surface area contributed by atoms with Crippen molar-refractivity contribution in [2.24, 2.45) is 5.41 Å². The summed E-state index contributed by atoms with van der Waals surface area (Å²) in [4.78, 5) is 22.5. The Morgan fingerprint density at radius 2 is 2.11 bits per heavy atom. The number of hydrogen-bond donors (Lipinski definition) is 1. The highest BCUT2D eigenvalue weighted by Gasteiger charge is 2.40. The molecule has 5 rings (SSSR count). The second kappa shape index (κ2) is 6.74. The number of nitrogens with one attached hydrogen (secondary N) is 1. The van der Waals surface area contributed by atoms with Crippen LogP contribution < -0.4 is 0 Å². The number of aromatic amines is 1. The average Bonchev–Trinajstić information content (AvgIpc) is 3.30. The number of H-pyrrole nitrogens is 1. The SMILES string of the molecule is COC(=O)c1ccc2c(c1)CCC1(CCN(Cc3nc4ccccc4[nH]3)C1)C2. The Kier molecular flexibility index (Phi) is 4.20. The van der Waals surface area contributed by atoms with Crippen molar-refractivity contribution in [1.82, 2.24) is 14.9 Å². The molecule has 2 heterocycles. The van der Waals surface area contributed by atoms with Crippen molar-refractivity contribution < 1.29 is 9.53 Å². The second-order valence-electron chi connectivity index (χ2n) is 8.31. The van der Waals surface area contributed by atoms with Crippen molar-refractivity contribution in [1.29, 1.82) is 0 Å². The average molecular weight is 375 g/mol. The molecule has 1 aliphatic heterocycles. The van der Waals surface area contributed by atoms with Gasteiger partial charge in [0.05, 0.1) is 30.3 Å². The molecule has 3 aromatic rings. The molecule has 2 aliphatic rings. The number of nitrogens with zero attached hydrogens (tertiary/aromatic N) is 2. The molecule has 28 heavy (non-hydrogen) atoms. The van der Waals surface area contributed by atoms with Crippen LogP contribution in [-0.4, -0.2) is 41.0 Å². The number of hydrogen-bond acceptors (Lipinski definition) is 4. The van der Waals surface area contributed by atoms with Gasteiger partial charge in [-0.1, -0.05) is 18.2 Å². The maximum atomic E-state index is 11.8. The Hall–Kier alpha value is -2.66. The van der Waals surface area contributed by atoms with E-state index in [-0.39, 0.29) is 5.97 Å². The van der Waals surface area contributed by atoms with Gasteiger partial charge < -0.3 is 9.72 Å². The minimum absolute atomic E-state index is 0.249. The molecule has 1 fully saturated rings. The molecule has 144 valence electrons. The number of esters is 1. The summed E-state index contributed by atoms with van der Waals surface area (Å²) < 4.78 is 4.86. The molecular formula is C23H25N3O2. The van der Waals surface area contributed by atoms with Crippen LogP contribution in [0.5, 0.6) is 0 Å². The fourth-order valence-corrected chi connectivity index (χ4v) is 4.97. The number of likely N-dealkylation sites (tertiary alicyclic amines) is 1. The number of fused-ring (bicyclic) bond motifs is 2. The topological polar surface area (TPSA) is 58.2 Å². The molecule has 1 saturated heterocycles. The standard InChI is InChI=1S/C23H25N3O2/c1-28-22(27)17-6-7-18-13-23(9-8-16(18)12-17)10-11-26(15-23)14-21-24-19-4-2-3-5-20(19)25-21/h2-7,12H,8-11,13-15H2,1H3,(H,24,25). The van der Waals surface area contributed by atoms with Crippen LogP contribution in [-0.2, 0) is 24.1 Å². The van der Waals surface area contributed by atoms with Crippen molar-refractivity contribution in [3.8, 4) is 0 Å². The Morgan fingerprint density at radius 1 is 1.21 bits per heavy atom. The Balaban J connectivity index is 1.29. The van der Waals surface area contributed by atoms with Crippen LogP contribution in [0.2, 0.25) is 0 Å². The summed E-state index contributed by atoms with van der Waals surface area (Å²) in [5.74, 6) is 0.804. The van der Waals surface area contributed by atoms with Gasteiger partial charge in [-0.3, -0.25) is 4.90 Å². The lowest BCUT2D eigenvalue weighted by atomic mass is 9.71. The van der Waals surface area contributed by atoms with E-state index in [0.717, 1.165) is 49.3 Å². The van der Waals surface area contributed by atoms with Gasteiger partial charge in [-0.2, -0.15) is 0 Å². The monoisotopic (exact) mass is 375 g/mol. The molecule has 2 aromatic carbocycles. The van der Waals surface area contributed by atoms with Gasteiger partial charge >= 0.3 is 5.97 Å². The summed E-state index contributed by atoms with van der Waals surface area (Å²) in [7, 11) is 1.44. The van der Waals surface area contributed by atoms with E-state index in [0.29, 0.717) is 11.0 Å². The van der Waals surface area contributed by atoms with Gasteiger partial charge in [-0.25, -0.2) is 9.78 Å². The van der Waals surface area contributed by atoms with Gasteiger partial charge in [0.2, 0.25) is 0 Å². The highest BCUT2D eigenvalue weighted by atomic mass is 16.5. The van der Waals surface area contributed by atoms with Crippen molar-refractivity contribution in [2.75, 3.05) is 20.2 Å². The maximum Gasteiger partial charge on any atom is 0.337 e. The number of para-hydroxylation sites is 2. The first-order valence-electron chi connectivity index (χ1n) is 10.0. The minimum Gasteiger partial charge on any atom is -0.465 e. The fraction of sp³-hybridized carbons (Fsp3) is 0.391. The molecule has 5 heteroatoms. The minimum atomic E-state index is -0.249. The zero-order valence-corrected chi connectivity index (χ0v) is 16.2. The predicted octanol–water partition coefficient (Wildman–Crippen LogP) is 3.73. The first-order valence-corrected chi connectivity index (χ1v) is 10.0. The summed E-state index contributed by atoms with van der Waals surface area (Å²) in [5, 5.41) is 0. The number of imidazole rings is 1. The first kappa shape index (κ1) is 17.4. The van der Waals surface area contributed by atoms with E-state index in [1.807, 2.05) is 24.3 Å². The van der Waals surface area contributed by atoms with Crippen LogP contribution >= 0.6 is 0 Å². The number of rotatable bonds is 3. The third-order valence-corrected chi connectivity index (χ3v) is 6.45. The van der Waals surface area contributed by atoms with Crippen LogP contribution in [0.4, 0.5) is 0 Å². The van der Waals surface area contributed by atoms with Crippen molar-refractivity contribution in [3.63, 3.8) is 0 Å². The molecule has 1 aromatic heterocycles. The molecular weight excluding hydrogens is 350 g/mol. The van der Waals surface area contributed by atoms with Crippen LogP contribution in [0.25, 0.3) is 11.0 Å². The van der Waals surface area contributed by atoms with Crippen LogP contribution in [0, 0.1) is 5.41 Å². The van der Waals surface area contributed by atoms with Crippen molar-refractivity contribution in [2.45, 2.75) is 32.2 Å². The zero-order valence-electron chi connectivity index (χ0n) is 16.2. The van der Waals surface area contributed by atoms with E-state index in [9.17, 15) is 4.79 Å². The summed E-state index contributed by atoms with van der Waals surface area (Å²) in [6.45, 7) is 3.11. The number of aryl methyl sites for hydroxylation is 1. The molecule has 5 nitrogen and oxygen atoms in total. The largest absolute Gasteiger partial charge is 0.465 e. The fourth-order valence-electron chi connectivity index (χ4n) is 4.97. The first-order chi connectivity index (χ1) is 13.6. The number of methoxy groups -OCH3 is 1. The molecule has 1 spiro atoms. The lowest BCUT2D eigenvalue weighted by Gasteiger charge is -2.35. The number of ether oxygens (including phenoxy) is 1. The van der Waals surface area contributed by atoms with E-state index in [1.165, 1.54) is 31.1 Å². The van der Waals surface area contributed by atoms with Gasteiger partial charge in [0.1, 0.15) is 5.82 Å². The van der Waals surface area contributed by atoms with Crippen LogP contribution in [0.3, 0.4) is 0 Å². The van der Waals surface area contributed by atoms with Gasteiger partial charge in [0.15, 0.2) is 0 Å². The Bertz CT molecular complexity index is 1010. The normalized spacial score (nSPS) is 21.9. The maximum absolute atomic E-state index is 11.8. The highest BCUT2D eigenvalue weighted by Crippen LogP contribution is 2.43. The summed E-state index contributed by atoms with van der Waals surface area (Å²) in [6, 6.07) is 14.3. The lowest BCUT2D eigenvalue weighted by Crippen LogP contribution is -2.32. The van der Waals surface area contributed by atoms with E-state index in [1.54, 1.807) is 0 Å². The van der Waals surface area contributed by atoms with Crippen LogP contribution in [0.1, 0.15) is 40.2 Å². The molecule has 0 amide bonds. The summed E-state index contributed by atoms with van der Waals surface area (Å²) in [6.07, 6.45) is 4.55. The third kappa shape index (κ3) is 3.10. The molecule has 1 atom stereocenters. The summed E-state index contributed by atoms with van der Waals surface area (Å²) >= 11 is 0. The predicted molar refractivity (Wildman–Crippen MR) is 108 cm³/mol. The summed E-state index contributed by atoms with van der Waals surface area (Å²) in [5.41, 5.74) is 5.87. The number of benzene rings is 2. The molecule has 0 bridgehead atoms.